The van der Waals surface area contributed by atoms with Gasteiger partial charge >= 0.3 is 6.09 Å². The van der Waals surface area contributed by atoms with Gasteiger partial charge in [0.2, 0.25) is 0 Å². The van der Waals surface area contributed by atoms with Crippen LogP contribution in [0.1, 0.15) is 57.6 Å². The van der Waals surface area contributed by atoms with E-state index < -0.39 is 5.60 Å². The molecule has 1 aliphatic rings. The fourth-order valence-corrected chi connectivity index (χ4v) is 3.12. The summed E-state index contributed by atoms with van der Waals surface area (Å²) in [6.07, 6.45) is 5.12. The lowest BCUT2D eigenvalue weighted by Gasteiger charge is -2.27. The highest BCUT2D eigenvalue weighted by Gasteiger charge is 2.18. The number of alkyl carbamates (subject to hydrolysis) is 1. The van der Waals surface area contributed by atoms with Crippen molar-refractivity contribution in [1.29, 1.82) is 0 Å². The minimum absolute atomic E-state index is 0.353. The van der Waals surface area contributed by atoms with Crippen molar-refractivity contribution in [3.8, 4) is 0 Å². The van der Waals surface area contributed by atoms with E-state index in [2.05, 4.69) is 34.9 Å². The zero-order chi connectivity index (χ0) is 18.3. The molecule has 0 aliphatic heterocycles. The highest BCUT2D eigenvalue weighted by molar-refractivity contribution is 5.67. The Hall–Kier alpha value is -1.59. The average Bonchev–Trinajstić information content (AvgIpc) is 2.52. The van der Waals surface area contributed by atoms with Gasteiger partial charge < -0.3 is 21.1 Å². The molecule has 1 aromatic rings. The molecule has 25 heavy (non-hydrogen) atoms. The van der Waals surface area contributed by atoms with Gasteiger partial charge in [0.15, 0.2) is 0 Å². The van der Waals surface area contributed by atoms with Crippen molar-refractivity contribution in [2.45, 2.75) is 77.1 Å². The molecule has 2 rings (SSSR count). The van der Waals surface area contributed by atoms with Crippen LogP contribution in [0.3, 0.4) is 0 Å². The number of benzene rings is 1. The lowest BCUT2D eigenvalue weighted by molar-refractivity contribution is 0.0528. The molecule has 0 aromatic heterocycles. The van der Waals surface area contributed by atoms with E-state index in [1.807, 2.05) is 20.8 Å². The molecule has 1 fully saturated rings. The molecule has 0 radical (unpaired) electrons. The molecule has 2 unspecified atom stereocenters. The van der Waals surface area contributed by atoms with Crippen molar-refractivity contribution in [1.82, 2.24) is 10.6 Å². The number of nitrogens with one attached hydrogen (secondary N) is 2. The van der Waals surface area contributed by atoms with Crippen LogP contribution in [0.25, 0.3) is 0 Å². The van der Waals surface area contributed by atoms with Crippen LogP contribution in [0.5, 0.6) is 0 Å². The molecule has 4 N–H and O–H groups in total. The van der Waals surface area contributed by atoms with Crippen molar-refractivity contribution >= 4 is 6.09 Å². The third-order valence-electron chi connectivity index (χ3n) is 4.41. The molecule has 2 atom stereocenters. The van der Waals surface area contributed by atoms with Gasteiger partial charge in [0.25, 0.3) is 0 Å². The standard InChI is InChI=1S/C20H33N3O2/c1-20(2,3)25-19(24)22-12-11-15-7-9-16(10-8-15)14-23-18-6-4-5-17(21)13-18/h7-10,17-18,23H,4-6,11-14,21H2,1-3H3,(H,22,24). The van der Waals surface area contributed by atoms with Crippen LogP contribution < -0.4 is 16.4 Å². The Bertz CT molecular complexity index is 537. The summed E-state index contributed by atoms with van der Waals surface area (Å²) in [7, 11) is 0. The van der Waals surface area contributed by atoms with Gasteiger partial charge in [-0.1, -0.05) is 30.7 Å². The summed E-state index contributed by atoms with van der Waals surface area (Å²) in [6.45, 7) is 7.04. The van der Waals surface area contributed by atoms with Gasteiger partial charge in [0.1, 0.15) is 5.60 Å². The Labute approximate surface area is 151 Å². The molecule has 0 saturated heterocycles. The Balaban J connectivity index is 1.68. The molecule has 0 spiro atoms. The Morgan fingerprint density at radius 1 is 1.20 bits per heavy atom. The summed E-state index contributed by atoms with van der Waals surface area (Å²) in [5, 5.41) is 6.40. The second-order valence-corrected chi connectivity index (χ2v) is 8.00. The highest BCUT2D eigenvalue weighted by atomic mass is 16.6. The van der Waals surface area contributed by atoms with Crippen LogP contribution in [0.15, 0.2) is 24.3 Å². The van der Waals surface area contributed by atoms with Crippen LogP contribution in [-0.2, 0) is 17.7 Å². The van der Waals surface area contributed by atoms with Crippen LogP contribution in [0.4, 0.5) is 4.79 Å². The second kappa shape index (κ2) is 9.20. The number of nitrogens with two attached hydrogens (primary N) is 1. The first kappa shape index (κ1) is 19.7. The van der Waals surface area contributed by atoms with E-state index in [0.717, 1.165) is 25.8 Å². The van der Waals surface area contributed by atoms with Crippen LogP contribution >= 0.6 is 0 Å². The van der Waals surface area contributed by atoms with E-state index in [1.165, 1.54) is 24.0 Å². The number of amides is 1. The fourth-order valence-electron chi connectivity index (χ4n) is 3.12. The van der Waals surface area contributed by atoms with Gasteiger partial charge in [0, 0.05) is 25.2 Å². The van der Waals surface area contributed by atoms with Crippen molar-refractivity contribution in [2.24, 2.45) is 5.73 Å². The summed E-state index contributed by atoms with van der Waals surface area (Å²) in [6, 6.07) is 9.45. The van der Waals surface area contributed by atoms with E-state index in [9.17, 15) is 4.79 Å². The first-order valence-corrected chi connectivity index (χ1v) is 9.35. The second-order valence-electron chi connectivity index (χ2n) is 8.00. The Morgan fingerprint density at radius 2 is 1.88 bits per heavy atom. The number of hydrogen-bond donors (Lipinski definition) is 3. The van der Waals surface area contributed by atoms with Gasteiger partial charge in [0.05, 0.1) is 0 Å². The molecule has 1 amide bonds. The van der Waals surface area contributed by atoms with Gasteiger partial charge in [-0.2, -0.15) is 0 Å². The highest BCUT2D eigenvalue weighted by Crippen LogP contribution is 2.17. The van der Waals surface area contributed by atoms with Crippen molar-refractivity contribution in [2.75, 3.05) is 6.54 Å². The monoisotopic (exact) mass is 347 g/mol. The number of carbonyl (C=O) groups is 1. The van der Waals surface area contributed by atoms with Gasteiger partial charge in [-0.3, -0.25) is 0 Å². The van der Waals surface area contributed by atoms with Crippen molar-refractivity contribution in [3.05, 3.63) is 35.4 Å². The third kappa shape index (κ3) is 7.88. The average molecular weight is 348 g/mol. The SMILES string of the molecule is CC(C)(C)OC(=O)NCCc1ccc(CNC2CCCC(N)C2)cc1. The van der Waals surface area contributed by atoms with Crippen LogP contribution in [-0.4, -0.2) is 30.3 Å². The van der Waals surface area contributed by atoms with Gasteiger partial charge in [-0.05, 0) is 57.6 Å². The van der Waals surface area contributed by atoms with Crippen LogP contribution in [0, 0.1) is 0 Å². The van der Waals surface area contributed by atoms with E-state index >= 15 is 0 Å². The molecular weight excluding hydrogens is 314 g/mol. The van der Waals surface area contributed by atoms with E-state index in [-0.39, 0.29) is 6.09 Å². The lowest BCUT2D eigenvalue weighted by Crippen LogP contribution is -2.39. The summed E-state index contributed by atoms with van der Waals surface area (Å²) < 4.78 is 5.22. The third-order valence-corrected chi connectivity index (χ3v) is 4.41. The van der Waals surface area contributed by atoms with Gasteiger partial charge in [-0.25, -0.2) is 4.79 Å². The molecule has 0 bridgehead atoms. The number of ether oxygens (including phenoxy) is 1. The van der Waals surface area contributed by atoms with Crippen molar-refractivity contribution < 1.29 is 9.53 Å². The Morgan fingerprint density at radius 3 is 2.52 bits per heavy atom. The molecule has 1 aliphatic carbocycles. The topological polar surface area (TPSA) is 76.4 Å². The quantitative estimate of drug-likeness (QED) is 0.739. The minimum Gasteiger partial charge on any atom is -0.444 e. The summed E-state index contributed by atoms with van der Waals surface area (Å²) in [4.78, 5) is 11.6. The number of carbonyl (C=O) groups excluding carboxylic acids is 1. The first-order chi connectivity index (χ1) is 11.8. The molecule has 5 nitrogen and oxygen atoms in total. The molecule has 1 saturated carbocycles. The fraction of sp³-hybridized carbons (Fsp3) is 0.650. The molecule has 140 valence electrons. The van der Waals surface area contributed by atoms with Crippen molar-refractivity contribution in [3.63, 3.8) is 0 Å². The van der Waals surface area contributed by atoms with Crippen LogP contribution in [0.2, 0.25) is 0 Å². The largest absolute Gasteiger partial charge is 0.444 e. The maximum atomic E-state index is 11.6. The van der Waals surface area contributed by atoms with Gasteiger partial charge in [-0.15, -0.1) is 0 Å². The van der Waals surface area contributed by atoms with E-state index in [0.29, 0.717) is 18.6 Å². The Kier molecular flexibility index (Phi) is 7.26. The zero-order valence-electron chi connectivity index (χ0n) is 15.8. The summed E-state index contributed by atoms with van der Waals surface area (Å²) >= 11 is 0. The number of hydrogen-bond acceptors (Lipinski definition) is 4. The predicted molar refractivity (Wildman–Crippen MR) is 101 cm³/mol. The normalized spacial score (nSPS) is 21.0. The first-order valence-electron chi connectivity index (χ1n) is 9.35. The number of rotatable bonds is 6. The van der Waals surface area contributed by atoms with E-state index in [1.54, 1.807) is 0 Å². The maximum absolute atomic E-state index is 11.6. The molecule has 0 heterocycles. The minimum atomic E-state index is -0.457. The summed E-state index contributed by atoms with van der Waals surface area (Å²) in [5.41, 5.74) is 8.07. The zero-order valence-corrected chi connectivity index (χ0v) is 15.8. The molecule has 5 heteroatoms. The lowest BCUT2D eigenvalue weighted by atomic mass is 9.91. The molecule has 1 aromatic carbocycles. The van der Waals surface area contributed by atoms with E-state index in [4.69, 9.17) is 10.5 Å². The molecular formula is C20H33N3O2. The maximum Gasteiger partial charge on any atom is 0.407 e. The predicted octanol–water partition coefficient (Wildman–Crippen LogP) is 3.11. The smallest absolute Gasteiger partial charge is 0.407 e. The summed E-state index contributed by atoms with van der Waals surface area (Å²) in [5.74, 6) is 0.